The Labute approximate surface area is 140 Å². The minimum absolute atomic E-state index is 0.0610. The van der Waals surface area contributed by atoms with Crippen molar-refractivity contribution in [3.63, 3.8) is 0 Å². The van der Waals surface area contributed by atoms with Gasteiger partial charge in [0.1, 0.15) is 5.76 Å². The van der Waals surface area contributed by atoms with Crippen LogP contribution in [0.5, 0.6) is 0 Å². The third-order valence-corrected chi connectivity index (χ3v) is 4.43. The SMILES string of the molecule is Cc1noc(C)c1CC(=O)N(C)CC(=O)N1CCCC(C(=O)O)C1. The number of likely N-dealkylation sites (N-methyl/N-ethyl adjacent to an activating group) is 1. The molecule has 1 N–H and O–H groups in total. The van der Waals surface area contributed by atoms with Crippen molar-refractivity contribution >= 4 is 17.8 Å². The Morgan fingerprint density at radius 3 is 2.67 bits per heavy atom. The van der Waals surface area contributed by atoms with Gasteiger partial charge in [0, 0.05) is 25.7 Å². The van der Waals surface area contributed by atoms with Crippen molar-refractivity contribution < 1.29 is 24.0 Å². The highest BCUT2D eigenvalue weighted by Gasteiger charge is 2.29. The molecule has 1 aromatic rings. The summed E-state index contributed by atoms with van der Waals surface area (Å²) in [5, 5.41) is 12.9. The molecule has 1 saturated heterocycles. The van der Waals surface area contributed by atoms with Gasteiger partial charge in [-0.25, -0.2) is 0 Å². The molecule has 0 saturated carbocycles. The van der Waals surface area contributed by atoms with Crippen molar-refractivity contribution in [2.24, 2.45) is 5.92 Å². The largest absolute Gasteiger partial charge is 0.481 e. The molecule has 8 nitrogen and oxygen atoms in total. The van der Waals surface area contributed by atoms with Crippen LogP contribution in [0.3, 0.4) is 0 Å². The quantitative estimate of drug-likeness (QED) is 0.844. The molecule has 24 heavy (non-hydrogen) atoms. The van der Waals surface area contributed by atoms with Crippen molar-refractivity contribution in [3.8, 4) is 0 Å². The van der Waals surface area contributed by atoms with E-state index in [0.29, 0.717) is 30.8 Å². The van der Waals surface area contributed by atoms with E-state index in [2.05, 4.69) is 5.16 Å². The number of carboxylic acids is 1. The fraction of sp³-hybridized carbons (Fsp3) is 0.625. The monoisotopic (exact) mass is 337 g/mol. The van der Waals surface area contributed by atoms with E-state index < -0.39 is 11.9 Å². The molecular formula is C16H23N3O5. The Balaban J connectivity index is 1.91. The third-order valence-electron chi connectivity index (χ3n) is 4.43. The molecule has 1 fully saturated rings. The number of aliphatic carboxylic acids is 1. The molecule has 2 heterocycles. The summed E-state index contributed by atoms with van der Waals surface area (Å²) in [5.74, 6) is -1.23. The number of piperidine rings is 1. The molecule has 0 spiro atoms. The number of carbonyl (C=O) groups is 3. The van der Waals surface area contributed by atoms with E-state index >= 15 is 0 Å². The van der Waals surface area contributed by atoms with E-state index in [-0.39, 0.29) is 31.3 Å². The fourth-order valence-electron chi connectivity index (χ4n) is 2.84. The molecule has 1 aromatic heterocycles. The lowest BCUT2D eigenvalue weighted by Gasteiger charge is -2.32. The highest BCUT2D eigenvalue weighted by Crippen LogP contribution is 2.17. The highest BCUT2D eigenvalue weighted by molar-refractivity contribution is 5.86. The van der Waals surface area contributed by atoms with Crippen molar-refractivity contribution in [1.29, 1.82) is 0 Å². The number of hydrogen-bond acceptors (Lipinski definition) is 5. The van der Waals surface area contributed by atoms with Crippen molar-refractivity contribution in [2.45, 2.75) is 33.1 Å². The maximum absolute atomic E-state index is 12.3. The molecule has 2 rings (SSSR count). The van der Waals surface area contributed by atoms with E-state index in [4.69, 9.17) is 9.63 Å². The predicted molar refractivity (Wildman–Crippen MR) is 84.3 cm³/mol. The summed E-state index contributed by atoms with van der Waals surface area (Å²) in [4.78, 5) is 38.6. The lowest BCUT2D eigenvalue weighted by Crippen LogP contribution is -2.47. The van der Waals surface area contributed by atoms with Crippen LogP contribution < -0.4 is 0 Å². The van der Waals surface area contributed by atoms with E-state index in [1.807, 2.05) is 0 Å². The molecule has 0 bridgehead atoms. The molecule has 0 aliphatic carbocycles. The van der Waals surface area contributed by atoms with Gasteiger partial charge in [-0.3, -0.25) is 14.4 Å². The van der Waals surface area contributed by atoms with Gasteiger partial charge in [-0.2, -0.15) is 0 Å². The zero-order valence-corrected chi connectivity index (χ0v) is 14.2. The van der Waals surface area contributed by atoms with Gasteiger partial charge in [0.05, 0.1) is 24.6 Å². The Bertz CT molecular complexity index is 620. The van der Waals surface area contributed by atoms with Crippen molar-refractivity contribution in [1.82, 2.24) is 15.0 Å². The topological polar surface area (TPSA) is 104 Å². The lowest BCUT2D eigenvalue weighted by atomic mass is 9.98. The van der Waals surface area contributed by atoms with E-state index in [1.54, 1.807) is 20.9 Å². The number of likely N-dealkylation sites (tertiary alicyclic amines) is 1. The maximum Gasteiger partial charge on any atom is 0.308 e. The van der Waals surface area contributed by atoms with Gasteiger partial charge >= 0.3 is 5.97 Å². The standard InChI is InChI=1S/C16H23N3O5/c1-10-13(11(2)24-17-10)7-14(20)18(3)9-15(21)19-6-4-5-12(8-19)16(22)23/h12H,4-9H2,1-3H3,(H,22,23). The molecule has 1 unspecified atom stereocenters. The van der Waals surface area contributed by atoms with Gasteiger partial charge in [0.2, 0.25) is 11.8 Å². The Kier molecular flexibility index (Phi) is 5.58. The summed E-state index contributed by atoms with van der Waals surface area (Å²) in [5.41, 5.74) is 1.41. The summed E-state index contributed by atoms with van der Waals surface area (Å²) in [6.45, 7) is 4.20. The number of nitrogens with zero attached hydrogens (tertiary/aromatic N) is 3. The van der Waals surface area contributed by atoms with Gasteiger partial charge in [0.15, 0.2) is 0 Å². The van der Waals surface area contributed by atoms with Gasteiger partial charge in [-0.05, 0) is 26.7 Å². The smallest absolute Gasteiger partial charge is 0.308 e. The predicted octanol–water partition coefficient (Wildman–Crippen LogP) is 0.616. The maximum atomic E-state index is 12.3. The number of carboxylic acid groups (broad SMARTS) is 1. The number of amides is 2. The second-order valence-electron chi connectivity index (χ2n) is 6.25. The van der Waals surface area contributed by atoms with Gasteiger partial charge < -0.3 is 19.4 Å². The zero-order valence-electron chi connectivity index (χ0n) is 14.2. The lowest BCUT2D eigenvalue weighted by molar-refractivity contribution is -0.147. The van der Waals surface area contributed by atoms with Crippen LogP contribution in [0.2, 0.25) is 0 Å². The molecule has 1 atom stereocenters. The first-order valence-corrected chi connectivity index (χ1v) is 7.96. The number of aryl methyl sites for hydroxylation is 2. The van der Waals surface area contributed by atoms with Crippen LogP contribution in [-0.2, 0) is 20.8 Å². The van der Waals surface area contributed by atoms with Gasteiger partial charge in [-0.1, -0.05) is 5.16 Å². The van der Waals surface area contributed by atoms with Crippen LogP contribution >= 0.6 is 0 Å². The first-order chi connectivity index (χ1) is 11.3. The van der Waals surface area contributed by atoms with E-state index in [1.165, 1.54) is 9.80 Å². The summed E-state index contributed by atoms with van der Waals surface area (Å²) < 4.78 is 5.03. The molecule has 8 heteroatoms. The van der Waals surface area contributed by atoms with Crippen LogP contribution in [0.15, 0.2) is 4.52 Å². The molecule has 2 amide bonds. The number of hydrogen-bond donors (Lipinski definition) is 1. The van der Waals surface area contributed by atoms with E-state index in [0.717, 1.165) is 5.56 Å². The minimum atomic E-state index is -0.879. The molecule has 1 aliphatic rings. The average molecular weight is 337 g/mol. The van der Waals surface area contributed by atoms with Crippen LogP contribution in [0.1, 0.15) is 29.9 Å². The summed E-state index contributed by atoms with van der Waals surface area (Å²) in [6, 6.07) is 0. The fourth-order valence-corrected chi connectivity index (χ4v) is 2.84. The van der Waals surface area contributed by atoms with Crippen LogP contribution in [0.25, 0.3) is 0 Å². The minimum Gasteiger partial charge on any atom is -0.481 e. The number of aromatic nitrogens is 1. The van der Waals surface area contributed by atoms with E-state index in [9.17, 15) is 14.4 Å². The summed E-state index contributed by atoms with van der Waals surface area (Å²) in [6.07, 6.45) is 1.38. The van der Waals surface area contributed by atoms with Gasteiger partial charge in [0.25, 0.3) is 0 Å². The van der Waals surface area contributed by atoms with Crippen molar-refractivity contribution in [3.05, 3.63) is 17.0 Å². The van der Waals surface area contributed by atoms with Crippen LogP contribution in [-0.4, -0.2) is 64.5 Å². The first-order valence-electron chi connectivity index (χ1n) is 7.96. The first kappa shape index (κ1) is 18.0. The average Bonchev–Trinajstić information content (AvgIpc) is 2.86. The van der Waals surface area contributed by atoms with Crippen LogP contribution in [0, 0.1) is 19.8 Å². The molecular weight excluding hydrogens is 314 g/mol. The molecule has 1 aliphatic heterocycles. The highest BCUT2D eigenvalue weighted by atomic mass is 16.5. The summed E-state index contributed by atoms with van der Waals surface area (Å²) >= 11 is 0. The Morgan fingerprint density at radius 2 is 2.08 bits per heavy atom. The number of carbonyl (C=O) groups excluding carboxylic acids is 2. The third kappa shape index (κ3) is 4.12. The zero-order chi connectivity index (χ0) is 17.9. The van der Waals surface area contributed by atoms with Crippen LogP contribution in [0.4, 0.5) is 0 Å². The molecule has 0 radical (unpaired) electrons. The number of rotatable bonds is 5. The molecule has 132 valence electrons. The second kappa shape index (κ2) is 7.46. The summed E-state index contributed by atoms with van der Waals surface area (Å²) in [7, 11) is 1.57. The normalized spacial score (nSPS) is 17.6. The van der Waals surface area contributed by atoms with Crippen molar-refractivity contribution in [2.75, 3.05) is 26.7 Å². The van der Waals surface area contributed by atoms with Gasteiger partial charge in [-0.15, -0.1) is 0 Å². The Hall–Kier alpha value is -2.38. The Morgan fingerprint density at radius 1 is 1.38 bits per heavy atom. The second-order valence-corrected chi connectivity index (χ2v) is 6.25. The molecule has 0 aromatic carbocycles.